The molecule has 0 aliphatic rings. The van der Waals surface area contributed by atoms with Crippen LogP contribution in [-0.2, 0) is 19.1 Å². The van der Waals surface area contributed by atoms with Gasteiger partial charge in [0.05, 0.1) is 18.7 Å². The van der Waals surface area contributed by atoms with Crippen molar-refractivity contribution in [2.45, 2.75) is 27.7 Å². The predicted octanol–water partition coefficient (Wildman–Crippen LogP) is 4.01. The van der Waals surface area contributed by atoms with Gasteiger partial charge in [-0.25, -0.2) is 14.6 Å². The summed E-state index contributed by atoms with van der Waals surface area (Å²) < 4.78 is 9.88. The summed E-state index contributed by atoms with van der Waals surface area (Å²) >= 11 is 6.28. The number of aryl methyl sites for hydroxylation is 2. The zero-order valence-corrected chi connectivity index (χ0v) is 15.4. The van der Waals surface area contributed by atoms with Gasteiger partial charge < -0.3 is 9.47 Å². The summed E-state index contributed by atoms with van der Waals surface area (Å²) in [5.41, 5.74) is 3.05. The molecule has 2 aromatic rings. The minimum Gasteiger partial charge on any atom is -0.462 e. The summed E-state index contributed by atoms with van der Waals surface area (Å²) in [6.07, 6.45) is 1.37. The lowest BCUT2D eigenvalue weighted by Gasteiger charge is -2.10. The Morgan fingerprint density at radius 2 is 1.64 bits per heavy atom. The van der Waals surface area contributed by atoms with E-state index in [1.807, 2.05) is 32.0 Å². The highest BCUT2D eigenvalue weighted by Gasteiger charge is 2.22. The second kappa shape index (κ2) is 8.12. The first-order valence-electron chi connectivity index (χ1n) is 8.01. The molecule has 0 saturated carbocycles. The fourth-order valence-electron chi connectivity index (χ4n) is 2.40. The van der Waals surface area contributed by atoms with E-state index in [-0.39, 0.29) is 23.9 Å². The highest BCUT2D eigenvalue weighted by molar-refractivity contribution is 6.32. The van der Waals surface area contributed by atoms with E-state index >= 15 is 0 Å². The van der Waals surface area contributed by atoms with Gasteiger partial charge in [-0.3, -0.25) is 0 Å². The number of pyridine rings is 1. The molecule has 0 fully saturated rings. The Morgan fingerprint density at radius 3 is 2.20 bits per heavy atom. The third-order valence-electron chi connectivity index (χ3n) is 3.68. The summed E-state index contributed by atoms with van der Waals surface area (Å²) in [4.78, 5) is 28.6. The Hall–Kier alpha value is -2.40. The number of carbonyl (C=O) groups excluding carboxylic acids is 2. The van der Waals surface area contributed by atoms with Crippen molar-refractivity contribution >= 4 is 40.5 Å². The summed E-state index contributed by atoms with van der Waals surface area (Å²) in [6.45, 7) is 7.54. The van der Waals surface area contributed by atoms with Gasteiger partial charge in [-0.1, -0.05) is 23.7 Å². The Kier molecular flexibility index (Phi) is 6.15. The standard InChI is InChI=1S/C19H20ClNO4/c1-5-24-18(22)15(19(23)25-6-2)10-13-9-14-11(3)7-8-12(4)16(14)21-17(13)20/h7-10H,5-6H2,1-4H3. The van der Waals surface area contributed by atoms with Crippen molar-refractivity contribution in [3.63, 3.8) is 0 Å². The van der Waals surface area contributed by atoms with Crippen LogP contribution >= 0.6 is 11.6 Å². The Morgan fingerprint density at radius 1 is 1.08 bits per heavy atom. The number of esters is 2. The molecule has 0 amide bonds. The average molecular weight is 362 g/mol. The van der Waals surface area contributed by atoms with Crippen molar-refractivity contribution in [1.29, 1.82) is 0 Å². The van der Waals surface area contributed by atoms with Gasteiger partial charge in [0.2, 0.25) is 0 Å². The largest absolute Gasteiger partial charge is 0.462 e. The van der Waals surface area contributed by atoms with Crippen LogP contribution < -0.4 is 0 Å². The van der Waals surface area contributed by atoms with E-state index in [4.69, 9.17) is 21.1 Å². The molecule has 1 aromatic carbocycles. The first-order valence-corrected chi connectivity index (χ1v) is 8.39. The number of carbonyl (C=O) groups is 2. The third kappa shape index (κ3) is 4.17. The molecule has 0 bridgehead atoms. The maximum atomic E-state index is 12.1. The van der Waals surface area contributed by atoms with E-state index in [1.54, 1.807) is 13.8 Å². The average Bonchev–Trinajstić information content (AvgIpc) is 2.57. The Bertz CT molecular complexity index is 838. The van der Waals surface area contributed by atoms with Crippen molar-refractivity contribution in [1.82, 2.24) is 4.98 Å². The molecule has 0 radical (unpaired) electrons. The van der Waals surface area contributed by atoms with Crippen molar-refractivity contribution in [3.8, 4) is 0 Å². The van der Waals surface area contributed by atoms with Crippen LogP contribution in [0.3, 0.4) is 0 Å². The van der Waals surface area contributed by atoms with Crippen LogP contribution in [0, 0.1) is 13.8 Å². The summed E-state index contributed by atoms with van der Waals surface area (Å²) in [5.74, 6) is -1.50. The number of fused-ring (bicyclic) bond motifs is 1. The van der Waals surface area contributed by atoms with Crippen LogP contribution in [0.25, 0.3) is 17.0 Å². The van der Waals surface area contributed by atoms with E-state index in [9.17, 15) is 9.59 Å². The zero-order chi connectivity index (χ0) is 18.6. The van der Waals surface area contributed by atoms with Crippen molar-refractivity contribution in [2.75, 3.05) is 13.2 Å². The normalized spacial score (nSPS) is 10.4. The van der Waals surface area contributed by atoms with Gasteiger partial charge in [-0.15, -0.1) is 0 Å². The van der Waals surface area contributed by atoms with Gasteiger partial charge in [0.25, 0.3) is 0 Å². The molecule has 0 N–H and O–H groups in total. The van der Waals surface area contributed by atoms with Gasteiger partial charge in [0.1, 0.15) is 10.7 Å². The fraction of sp³-hybridized carbons (Fsp3) is 0.316. The molecule has 6 heteroatoms. The lowest BCUT2D eigenvalue weighted by molar-refractivity contribution is -0.146. The predicted molar refractivity (Wildman–Crippen MR) is 97.5 cm³/mol. The molecule has 0 aliphatic carbocycles. The number of halogens is 1. The maximum absolute atomic E-state index is 12.1. The van der Waals surface area contributed by atoms with Crippen LogP contribution in [0.1, 0.15) is 30.5 Å². The number of rotatable bonds is 5. The Labute approximate surface area is 151 Å². The van der Waals surface area contributed by atoms with E-state index in [0.717, 1.165) is 22.0 Å². The molecule has 0 saturated heterocycles. The van der Waals surface area contributed by atoms with Gasteiger partial charge in [0.15, 0.2) is 0 Å². The van der Waals surface area contributed by atoms with E-state index in [0.29, 0.717) is 5.56 Å². The lowest BCUT2D eigenvalue weighted by Crippen LogP contribution is -2.18. The lowest BCUT2D eigenvalue weighted by atomic mass is 10.0. The summed E-state index contributed by atoms with van der Waals surface area (Å²) in [7, 11) is 0. The van der Waals surface area contributed by atoms with Crippen LogP contribution in [0.15, 0.2) is 23.8 Å². The van der Waals surface area contributed by atoms with E-state index in [1.165, 1.54) is 6.08 Å². The second-order valence-corrected chi connectivity index (χ2v) is 5.82. The smallest absolute Gasteiger partial charge is 0.345 e. The fourth-order valence-corrected chi connectivity index (χ4v) is 2.60. The number of ether oxygens (including phenoxy) is 2. The third-order valence-corrected chi connectivity index (χ3v) is 3.98. The van der Waals surface area contributed by atoms with Gasteiger partial charge in [-0.05, 0) is 51.0 Å². The number of nitrogens with zero attached hydrogens (tertiary/aromatic N) is 1. The van der Waals surface area contributed by atoms with Gasteiger partial charge in [0, 0.05) is 10.9 Å². The molecule has 132 valence electrons. The highest BCUT2D eigenvalue weighted by atomic mass is 35.5. The van der Waals surface area contributed by atoms with Crippen molar-refractivity contribution < 1.29 is 19.1 Å². The minimum absolute atomic E-state index is 0.150. The van der Waals surface area contributed by atoms with Crippen LogP contribution in [0.4, 0.5) is 0 Å². The number of aromatic nitrogens is 1. The number of benzene rings is 1. The number of hydrogen-bond acceptors (Lipinski definition) is 5. The monoisotopic (exact) mass is 361 g/mol. The molecule has 1 heterocycles. The first kappa shape index (κ1) is 18.9. The molecular formula is C19H20ClNO4. The van der Waals surface area contributed by atoms with Crippen LogP contribution in [0.2, 0.25) is 5.15 Å². The quantitative estimate of drug-likeness (QED) is 0.264. The summed E-state index contributed by atoms with van der Waals surface area (Å²) in [5, 5.41) is 1.11. The molecular weight excluding hydrogens is 342 g/mol. The Balaban J connectivity index is 2.62. The zero-order valence-electron chi connectivity index (χ0n) is 14.7. The topological polar surface area (TPSA) is 65.5 Å². The maximum Gasteiger partial charge on any atom is 0.345 e. The summed E-state index contributed by atoms with van der Waals surface area (Å²) in [6, 6.07) is 5.77. The molecule has 0 atom stereocenters. The first-order chi connectivity index (χ1) is 11.9. The molecule has 0 spiro atoms. The molecule has 2 rings (SSSR count). The SMILES string of the molecule is CCOC(=O)C(=Cc1cc2c(C)ccc(C)c2nc1Cl)C(=O)OCC. The van der Waals surface area contributed by atoms with Gasteiger partial charge in [-0.2, -0.15) is 0 Å². The molecule has 25 heavy (non-hydrogen) atoms. The van der Waals surface area contributed by atoms with Gasteiger partial charge >= 0.3 is 11.9 Å². The minimum atomic E-state index is -0.752. The van der Waals surface area contributed by atoms with Crippen LogP contribution in [-0.4, -0.2) is 30.1 Å². The van der Waals surface area contributed by atoms with E-state index < -0.39 is 11.9 Å². The number of hydrogen-bond donors (Lipinski definition) is 0. The van der Waals surface area contributed by atoms with E-state index in [2.05, 4.69) is 4.98 Å². The molecule has 1 aromatic heterocycles. The molecule has 0 aliphatic heterocycles. The second-order valence-electron chi connectivity index (χ2n) is 5.46. The van der Waals surface area contributed by atoms with Crippen molar-refractivity contribution in [3.05, 3.63) is 45.6 Å². The van der Waals surface area contributed by atoms with Crippen LogP contribution in [0.5, 0.6) is 0 Å². The molecule has 0 unspecified atom stereocenters. The molecule has 5 nitrogen and oxygen atoms in total. The van der Waals surface area contributed by atoms with Crippen molar-refractivity contribution in [2.24, 2.45) is 0 Å². The highest BCUT2D eigenvalue weighted by Crippen LogP contribution is 2.27.